The Labute approximate surface area is 184 Å². The van der Waals surface area contributed by atoms with Gasteiger partial charge in [0, 0.05) is 17.9 Å². The first kappa shape index (κ1) is 21.5. The van der Waals surface area contributed by atoms with Crippen LogP contribution in [0, 0.1) is 6.92 Å². The molecule has 3 aromatic heterocycles. The number of hydrogen-bond acceptors (Lipinski definition) is 8. The maximum Gasteiger partial charge on any atom is 0.263 e. The maximum atomic E-state index is 13.5. The predicted molar refractivity (Wildman–Crippen MR) is 120 cm³/mol. The molecule has 1 saturated heterocycles. The van der Waals surface area contributed by atoms with Crippen LogP contribution >= 0.6 is 23.1 Å². The van der Waals surface area contributed by atoms with Crippen molar-refractivity contribution >= 4 is 33.3 Å². The smallest absolute Gasteiger partial charge is 0.263 e. The lowest BCUT2D eigenvalue weighted by atomic mass is 10.1. The molecule has 0 saturated carbocycles. The van der Waals surface area contributed by atoms with E-state index in [1.54, 1.807) is 15.9 Å². The fourth-order valence-corrected chi connectivity index (χ4v) is 5.97. The third-order valence-electron chi connectivity index (χ3n) is 5.43. The van der Waals surface area contributed by atoms with Gasteiger partial charge in [0.2, 0.25) is 5.89 Å². The van der Waals surface area contributed by atoms with Crippen molar-refractivity contribution in [3.63, 3.8) is 0 Å². The van der Waals surface area contributed by atoms with Gasteiger partial charge in [-0.2, -0.15) is 4.98 Å². The molecule has 0 spiro atoms. The van der Waals surface area contributed by atoms with Crippen LogP contribution in [0.2, 0.25) is 0 Å². The molecule has 0 radical (unpaired) electrons. The summed E-state index contributed by atoms with van der Waals surface area (Å²) in [6.07, 6.45) is 4.65. The highest BCUT2D eigenvalue weighted by molar-refractivity contribution is 7.99. The monoisotopic (exact) mass is 448 g/mol. The van der Waals surface area contributed by atoms with E-state index in [2.05, 4.69) is 30.9 Å². The Balaban J connectivity index is 1.73. The number of nitrogens with zero attached hydrogens (tertiary/aromatic N) is 4. The van der Waals surface area contributed by atoms with Crippen LogP contribution in [0.1, 0.15) is 67.4 Å². The number of rotatable bonds is 8. The topological polar surface area (TPSA) is 83.0 Å². The highest BCUT2D eigenvalue weighted by Gasteiger charge is 2.25. The SMILES string of the molecule is CCCc1noc([C@@H](C)Sc2nc3sc(C)c(CC)c3c(=O)n2C[C@@H]2CCCO2)n1. The molecule has 1 aliphatic heterocycles. The molecule has 162 valence electrons. The number of thiophene rings is 1. The van der Waals surface area contributed by atoms with Gasteiger partial charge < -0.3 is 9.26 Å². The standard InChI is InChI=1S/C21H28N4O3S2/c1-5-8-16-22-18(28-24-16)13(4)30-21-23-19-17(15(6-2)12(3)29-19)20(26)25(21)11-14-9-7-10-27-14/h13-14H,5-11H2,1-4H3/t13-,14+/m1/s1. The fourth-order valence-electron chi connectivity index (χ4n) is 3.87. The maximum absolute atomic E-state index is 13.5. The number of aromatic nitrogens is 4. The summed E-state index contributed by atoms with van der Waals surface area (Å²) in [5, 5.41) is 5.41. The summed E-state index contributed by atoms with van der Waals surface area (Å²) >= 11 is 3.09. The molecule has 0 amide bonds. The van der Waals surface area contributed by atoms with Gasteiger partial charge in [0.15, 0.2) is 11.0 Å². The largest absolute Gasteiger partial charge is 0.376 e. The molecular weight excluding hydrogens is 420 g/mol. The zero-order valence-electron chi connectivity index (χ0n) is 17.9. The van der Waals surface area contributed by atoms with E-state index in [1.807, 2.05) is 6.92 Å². The Hall–Kier alpha value is -1.71. The molecule has 1 fully saturated rings. The van der Waals surface area contributed by atoms with Gasteiger partial charge in [0.1, 0.15) is 4.83 Å². The van der Waals surface area contributed by atoms with E-state index in [0.29, 0.717) is 17.6 Å². The van der Waals surface area contributed by atoms with Gasteiger partial charge in [0.05, 0.1) is 23.3 Å². The van der Waals surface area contributed by atoms with Crippen molar-refractivity contribution in [2.75, 3.05) is 6.61 Å². The van der Waals surface area contributed by atoms with E-state index in [4.69, 9.17) is 14.2 Å². The highest BCUT2D eigenvalue weighted by Crippen LogP contribution is 2.35. The van der Waals surface area contributed by atoms with E-state index in [0.717, 1.165) is 65.2 Å². The average molecular weight is 449 g/mol. The van der Waals surface area contributed by atoms with Crippen molar-refractivity contribution in [3.8, 4) is 0 Å². The zero-order chi connectivity index (χ0) is 21.3. The summed E-state index contributed by atoms with van der Waals surface area (Å²) in [5.41, 5.74) is 1.14. The van der Waals surface area contributed by atoms with Gasteiger partial charge >= 0.3 is 0 Å². The lowest BCUT2D eigenvalue weighted by Gasteiger charge is -2.17. The van der Waals surface area contributed by atoms with Crippen LogP contribution in [0.25, 0.3) is 10.2 Å². The third-order valence-corrected chi connectivity index (χ3v) is 7.55. The van der Waals surface area contributed by atoms with Crippen LogP contribution in [-0.2, 0) is 24.1 Å². The summed E-state index contributed by atoms with van der Waals surface area (Å²) in [4.78, 5) is 24.9. The summed E-state index contributed by atoms with van der Waals surface area (Å²) in [5.74, 6) is 1.29. The Bertz CT molecular complexity index is 1080. The summed E-state index contributed by atoms with van der Waals surface area (Å²) in [6.45, 7) is 9.54. The number of aryl methyl sites for hydroxylation is 3. The van der Waals surface area contributed by atoms with Crippen LogP contribution in [0.15, 0.2) is 14.5 Å². The molecule has 0 bridgehead atoms. The quantitative estimate of drug-likeness (QED) is 0.365. The van der Waals surface area contributed by atoms with Gasteiger partial charge in [-0.15, -0.1) is 11.3 Å². The lowest BCUT2D eigenvalue weighted by molar-refractivity contribution is 0.0937. The minimum Gasteiger partial charge on any atom is -0.376 e. The summed E-state index contributed by atoms with van der Waals surface area (Å²) < 4.78 is 13.1. The minimum absolute atomic E-state index is 0.0311. The van der Waals surface area contributed by atoms with Crippen molar-refractivity contribution in [1.82, 2.24) is 19.7 Å². The Morgan fingerprint density at radius 1 is 1.33 bits per heavy atom. The summed E-state index contributed by atoms with van der Waals surface area (Å²) in [7, 11) is 0. The van der Waals surface area contributed by atoms with Gasteiger partial charge in [-0.25, -0.2) is 4.98 Å². The molecule has 30 heavy (non-hydrogen) atoms. The zero-order valence-corrected chi connectivity index (χ0v) is 19.6. The van der Waals surface area contributed by atoms with E-state index in [9.17, 15) is 4.79 Å². The third kappa shape index (κ3) is 4.20. The molecule has 0 aliphatic carbocycles. The van der Waals surface area contributed by atoms with Crippen molar-refractivity contribution in [2.45, 2.75) is 82.9 Å². The first-order chi connectivity index (χ1) is 14.5. The molecule has 0 N–H and O–H groups in total. The molecule has 9 heteroatoms. The van der Waals surface area contributed by atoms with Crippen LogP contribution in [0.3, 0.4) is 0 Å². The van der Waals surface area contributed by atoms with Crippen molar-refractivity contribution < 1.29 is 9.26 Å². The molecule has 0 unspecified atom stereocenters. The van der Waals surface area contributed by atoms with Gasteiger partial charge in [-0.3, -0.25) is 9.36 Å². The number of ether oxygens (including phenoxy) is 1. The van der Waals surface area contributed by atoms with Crippen LogP contribution < -0.4 is 5.56 Å². The second-order valence-electron chi connectivity index (χ2n) is 7.67. The van der Waals surface area contributed by atoms with Crippen LogP contribution in [0.5, 0.6) is 0 Å². The Kier molecular flexibility index (Phi) is 6.60. The van der Waals surface area contributed by atoms with Crippen molar-refractivity contribution in [3.05, 3.63) is 32.5 Å². The van der Waals surface area contributed by atoms with Crippen LogP contribution in [0.4, 0.5) is 0 Å². The predicted octanol–water partition coefficient (Wildman–Crippen LogP) is 4.70. The normalized spacial score (nSPS) is 17.8. The lowest BCUT2D eigenvalue weighted by Crippen LogP contribution is -2.29. The summed E-state index contributed by atoms with van der Waals surface area (Å²) in [6, 6.07) is 0. The van der Waals surface area contributed by atoms with Crippen molar-refractivity contribution in [2.24, 2.45) is 0 Å². The average Bonchev–Trinajstić information content (AvgIpc) is 3.45. The van der Waals surface area contributed by atoms with Crippen LogP contribution in [-0.4, -0.2) is 32.4 Å². The first-order valence-corrected chi connectivity index (χ1v) is 12.3. The van der Waals surface area contributed by atoms with Gasteiger partial charge in [-0.05, 0) is 45.1 Å². The number of fused-ring (bicyclic) bond motifs is 1. The van der Waals surface area contributed by atoms with Gasteiger partial charge in [0.25, 0.3) is 5.56 Å². The molecule has 4 rings (SSSR count). The molecule has 1 aliphatic rings. The number of hydrogen-bond donors (Lipinski definition) is 0. The molecule has 7 nitrogen and oxygen atoms in total. The molecule has 4 heterocycles. The first-order valence-electron chi connectivity index (χ1n) is 10.6. The number of thioether (sulfide) groups is 1. The van der Waals surface area contributed by atoms with Gasteiger partial charge in [-0.1, -0.05) is 30.8 Å². The Morgan fingerprint density at radius 3 is 2.87 bits per heavy atom. The molecule has 3 aromatic rings. The molecular formula is C21H28N4O3S2. The van der Waals surface area contributed by atoms with Crippen molar-refractivity contribution in [1.29, 1.82) is 0 Å². The second-order valence-corrected chi connectivity index (χ2v) is 10.2. The highest BCUT2D eigenvalue weighted by atomic mass is 32.2. The van der Waals surface area contributed by atoms with E-state index in [-0.39, 0.29) is 16.9 Å². The molecule has 2 atom stereocenters. The fraction of sp³-hybridized carbons (Fsp3) is 0.619. The van der Waals surface area contributed by atoms with E-state index in [1.165, 1.54) is 11.8 Å². The molecule has 0 aromatic carbocycles. The second kappa shape index (κ2) is 9.20. The minimum atomic E-state index is -0.102. The van der Waals surface area contributed by atoms with E-state index < -0.39 is 0 Å². The Morgan fingerprint density at radius 2 is 2.17 bits per heavy atom. The van der Waals surface area contributed by atoms with E-state index >= 15 is 0 Å².